The molecule has 2 saturated heterocycles. The van der Waals surface area contributed by atoms with E-state index < -0.39 is 138 Å². The minimum Gasteiger partial charge on any atom is -0.466 e. The van der Waals surface area contributed by atoms with Crippen molar-refractivity contribution in [2.24, 2.45) is 17.8 Å². The number of carbonyl (C=O) groups excluding carboxylic acids is 6. The first-order chi connectivity index (χ1) is 30.8. The number of likely N-dealkylation sites (N-methyl/N-ethyl adjacent to an activating group) is 1. The fourth-order valence-corrected chi connectivity index (χ4v) is 9.59. The van der Waals surface area contributed by atoms with Gasteiger partial charge in [0.05, 0.1) is 54.6 Å². The van der Waals surface area contributed by atoms with Gasteiger partial charge in [0.2, 0.25) is 5.91 Å². The molecule has 0 saturated carbocycles. The highest BCUT2D eigenvalue weighted by Gasteiger charge is 2.54. The van der Waals surface area contributed by atoms with E-state index in [-0.39, 0.29) is 31.9 Å². The molecule has 2 rings (SSSR count). The number of nitrogens with one attached hydrogen (secondary N) is 1. The fourth-order valence-electron chi connectivity index (χ4n) is 9.59. The number of ether oxygens (including phenoxy) is 10. The monoisotopic (exact) mass is 963 g/mol. The lowest BCUT2D eigenvalue weighted by Crippen LogP contribution is -2.62. The van der Waals surface area contributed by atoms with Gasteiger partial charge in [0.1, 0.15) is 17.3 Å². The van der Waals surface area contributed by atoms with Gasteiger partial charge in [-0.25, -0.2) is 0 Å². The van der Waals surface area contributed by atoms with Crippen molar-refractivity contribution in [3.05, 3.63) is 0 Å². The molecule has 0 aromatic rings. The van der Waals surface area contributed by atoms with Crippen LogP contribution in [0.2, 0.25) is 0 Å². The van der Waals surface area contributed by atoms with Crippen LogP contribution in [0.5, 0.6) is 0 Å². The van der Waals surface area contributed by atoms with Crippen LogP contribution in [-0.4, -0.2) is 169 Å². The molecule has 0 spiro atoms. The Morgan fingerprint density at radius 1 is 0.836 bits per heavy atom. The van der Waals surface area contributed by atoms with Crippen LogP contribution < -0.4 is 5.32 Å². The van der Waals surface area contributed by atoms with E-state index in [4.69, 9.17) is 47.4 Å². The topological polar surface area (TPSA) is 250 Å². The quantitative estimate of drug-likeness (QED) is 0.0927. The van der Waals surface area contributed by atoms with Crippen LogP contribution in [0.3, 0.4) is 0 Å². The van der Waals surface area contributed by atoms with E-state index in [2.05, 4.69) is 5.32 Å². The van der Waals surface area contributed by atoms with Gasteiger partial charge in [0.25, 0.3) is 0 Å². The Morgan fingerprint density at radius 3 is 1.91 bits per heavy atom. The van der Waals surface area contributed by atoms with Crippen molar-refractivity contribution >= 4 is 35.8 Å². The summed E-state index contributed by atoms with van der Waals surface area (Å²) in [6.07, 6.45) is -9.75. The predicted octanol–water partition coefficient (Wildman–Crippen LogP) is 3.37. The van der Waals surface area contributed by atoms with E-state index in [0.29, 0.717) is 6.42 Å². The summed E-state index contributed by atoms with van der Waals surface area (Å²) < 4.78 is 60.2. The van der Waals surface area contributed by atoms with E-state index >= 15 is 0 Å². The average Bonchev–Trinajstić information content (AvgIpc) is 3.19. The fraction of sp³-hybridized carbons (Fsp3) is 0.872. The Bertz CT molecular complexity index is 1660. The first-order valence-corrected chi connectivity index (χ1v) is 23.2. The van der Waals surface area contributed by atoms with Gasteiger partial charge in [-0.3, -0.25) is 28.8 Å². The van der Waals surface area contributed by atoms with Gasteiger partial charge in [-0.1, -0.05) is 27.7 Å². The third-order valence-electron chi connectivity index (χ3n) is 12.7. The Balaban J connectivity index is 2.85. The van der Waals surface area contributed by atoms with Gasteiger partial charge in [-0.15, -0.1) is 0 Å². The second-order valence-electron chi connectivity index (χ2n) is 19.5. The normalized spacial score (nSPS) is 29.8. The van der Waals surface area contributed by atoms with E-state index in [1.807, 2.05) is 25.9 Å². The Hall–Kier alpha value is -3.50. The zero-order valence-corrected chi connectivity index (χ0v) is 43.1. The number of methoxy groups -OCH3 is 1. The molecule has 67 heavy (non-hydrogen) atoms. The highest BCUT2D eigenvalue weighted by Crippen LogP contribution is 2.40. The molecule has 0 radical (unpaired) electrons. The summed E-state index contributed by atoms with van der Waals surface area (Å²) in [5.74, 6) is -6.27. The van der Waals surface area contributed by atoms with Crippen molar-refractivity contribution in [2.45, 2.75) is 220 Å². The molecule has 0 bridgehead atoms. The molecule has 0 aliphatic carbocycles. The standard InChI is InChI=1S/C47H82N2O18/c1-19-36(62-31(9)51)47(15,57)41(64-33(11)53)28(6)48-43(55)27(5)38(66-37-22-46(14,58-18)42(29(7)61-37)65-34(12)54)26(4)40(45(13,56)21-24(2)23-59-30(8)50)67-44-39(63-32(10)52)35(49(16)17)20-25(3)60-44/h24-29,35-42,44,56-57H,19-23H2,1-18H3,(H,48,55)/t24?,25-,26+,27-,28-,29+,35+,36-,37+,38+,39-,40-,41-,42+,44+,45-,46-,47-/m1/s1. The molecule has 20 heteroatoms. The summed E-state index contributed by atoms with van der Waals surface area (Å²) in [7, 11) is 5.14. The van der Waals surface area contributed by atoms with Crippen LogP contribution in [0.4, 0.5) is 0 Å². The van der Waals surface area contributed by atoms with Crippen molar-refractivity contribution < 1.29 is 86.3 Å². The maximum atomic E-state index is 14.8. The molecule has 1 unspecified atom stereocenters. The van der Waals surface area contributed by atoms with Crippen LogP contribution in [-0.2, 0) is 76.1 Å². The minimum atomic E-state index is -1.99. The smallest absolute Gasteiger partial charge is 0.303 e. The van der Waals surface area contributed by atoms with E-state index in [9.17, 15) is 39.0 Å². The van der Waals surface area contributed by atoms with Crippen LogP contribution in [0.15, 0.2) is 0 Å². The lowest BCUT2D eigenvalue weighted by atomic mass is 9.77. The van der Waals surface area contributed by atoms with Crippen LogP contribution in [0.1, 0.15) is 130 Å². The number of esters is 5. The zero-order chi connectivity index (χ0) is 51.5. The number of aliphatic hydroxyl groups is 2. The summed E-state index contributed by atoms with van der Waals surface area (Å²) >= 11 is 0. The number of hydrogen-bond donors (Lipinski definition) is 3. The van der Waals surface area contributed by atoms with Crippen molar-refractivity contribution in [3.63, 3.8) is 0 Å². The molecular weight excluding hydrogens is 881 g/mol. The van der Waals surface area contributed by atoms with Gasteiger partial charge in [-0.05, 0) is 80.8 Å². The van der Waals surface area contributed by atoms with E-state index in [1.54, 1.807) is 48.5 Å². The number of amides is 1. The van der Waals surface area contributed by atoms with Crippen molar-refractivity contribution in [1.82, 2.24) is 10.2 Å². The molecule has 2 aliphatic rings. The number of hydrogen-bond acceptors (Lipinski definition) is 19. The molecule has 20 nitrogen and oxygen atoms in total. The molecule has 3 N–H and O–H groups in total. The van der Waals surface area contributed by atoms with Crippen molar-refractivity contribution in [1.29, 1.82) is 0 Å². The predicted molar refractivity (Wildman–Crippen MR) is 241 cm³/mol. The summed E-state index contributed by atoms with van der Waals surface area (Å²) in [4.78, 5) is 77.8. The molecule has 1 amide bonds. The van der Waals surface area contributed by atoms with Gasteiger partial charge < -0.3 is 67.8 Å². The van der Waals surface area contributed by atoms with Gasteiger partial charge >= 0.3 is 29.8 Å². The summed E-state index contributed by atoms with van der Waals surface area (Å²) in [6, 6.07) is -1.47. The van der Waals surface area contributed by atoms with E-state index in [1.165, 1.54) is 48.7 Å². The summed E-state index contributed by atoms with van der Waals surface area (Å²) in [6.45, 7) is 22.6. The van der Waals surface area contributed by atoms with Gasteiger partial charge in [-0.2, -0.15) is 0 Å². The second-order valence-corrected chi connectivity index (χ2v) is 19.5. The molecule has 2 heterocycles. The first-order valence-electron chi connectivity index (χ1n) is 23.2. The van der Waals surface area contributed by atoms with Crippen LogP contribution in [0, 0.1) is 17.8 Å². The second kappa shape index (κ2) is 25.4. The molecule has 2 aliphatic heterocycles. The number of rotatable bonds is 24. The Labute approximate surface area is 397 Å². The third kappa shape index (κ3) is 16.9. The summed E-state index contributed by atoms with van der Waals surface area (Å²) in [5.41, 5.74) is -4.92. The first kappa shape index (κ1) is 59.6. The SMILES string of the molecule is CC[C@@H](OC(C)=O)[C@@](C)(O)[C@H](OC(C)=O)[C@@H](C)NC(=O)[C@H](C)[C@@H](O[C@H]1C[C@@](C)(OC)[C@@H](OC(C)=O)[C@H](C)O1)[C@H](C)[C@@H](O[C@@H]1O[C@H](C)C[C@H](N(C)C)[C@H]1OC(C)=O)[C@](C)(O)CC(C)COC(C)=O. The maximum absolute atomic E-state index is 14.8. The van der Waals surface area contributed by atoms with Crippen molar-refractivity contribution in [3.8, 4) is 0 Å². The zero-order valence-electron chi connectivity index (χ0n) is 43.1. The molecule has 0 aromatic heterocycles. The Kier molecular flexibility index (Phi) is 22.6. The van der Waals surface area contributed by atoms with Crippen molar-refractivity contribution in [2.75, 3.05) is 27.8 Å². The summed E-state index contributed by atoms with van der Waals surface area (Å²) in [5, 5.41) is 27.4. The Morgan fingerprint density at radius 2 is 1.42 bits per heavy atom. The maximum Gasteiger partial charge on any atom is 0.303 e. The van der Waals surface area contributed by atoms with Gasteiger partial charge in [0.15, 0.2) is 30.9 Å². The molecule has 18 atom stereocenters. The lowest BCUT2D eigenvalue weighted by Gasteiger charge is -2.49. The van der Waals surface area contributed by atoms with Gasteiger partial charge in [0, 0.05) is 54.1 Å². The largest absolute Gasteiger partial charge is 0.466 e. The highest BCUT2D eigenvalue weighted by atomic mass is 16.7. The van der Waals surface area contributed by atoms with Crippen LogP contribution >= 0.6 is 0 Å². The molecule has 2 fully saturated rings. The minimum absolute atomic E-state index is 0.0000829. The number of carbonyl (C=O) groups is 6. The highest BCUT2D eigenvalue weighted by molar-refractivity contribution is 5.79. The average molecular weight is 963 g/mol. The van der Waals surface area contributed by atoms with Crippen LogP contribution in [0.25, 0.3) is 0 Å². The molecule has 388 valence electrons. The molecular formula is C47H82N2O18. The third-order valence-corrected chi connectivity index (χ3v) is 12.7. The van der Waals surface area contributed by atoms with E-state index in [0.717, 1.165) is 6.92 Å². The number of nitrogens with zero attached hydrogens (tertiary/aromatic N) is 1. The molecule has 0 aromatic carbocycles. The lowest BCUT2D eigenvalue weighted by molar-refractivity contribution is -0.319.